The number of nitro benzene ring substituents is 1. The van der Waals surface area contributed by atoms with Gasteiger partial charge in [-0.1, -0.05) is 11.8 Å². The number of nitrogens with two attached hydrogens (primary N) is 1. The van der Waals surface area contributed by atoms with Crippen LogP contribution < -0.4 is 5.73 Å². The number of nitrogens with zero attached hydrogens (tertiary/aromatic N) is 4. The van der Waals surface area contributed by atoms with Crippen LogP contribution in [-0.4, -0.2) is 19.8 Å². The van der Waals surface area contributed by atoms with Gasteiger partial charge in [0.15, 0.2) is 5.03 Å². The fraction of sp³-hybridized carbons (Fsp3) is 0. The number of nitrogen functional groups attached to an aromatic ring is 1. The maximum atomic E-state index is 10.8. The summed E-state index contributed by atoms with van der Waals surface area (Å²) in [5.74, 6) is -0.0833. The molecule has 9 nitrogen and oxygen atoms in total. The lowest BCUT2D eigenvalue weighted by Crippen LogP contribution is -2.00. The minimum atomic E-state index is -0.618. The smallest absolute Gasteiger partial charge is 0.320 e. The Morgan fingerprint density at radius 2 is 1.75 bits per heavy atom. The maximum Gasteiger partial charge on any atom is 0.320 e. The summed E-state index contributed by atoms with van der Waals surface area (Å²) < 4.78 is 0. The first-order valence-electron chi connectivity index (χ1n) is 5.16. The second-order valence-corrected chi connectivity index (χ2v) is 4.59. The summed E-state index contributed by atoms with van der Waals surface area (Å²) in [5.41, 5.74) is 5.06. The highest BCUT2D eigenvalue weighted by atomic mass is 32.2. The first-order valence-corrected chi connectivity index (χ1v) is 5.98. The lowest BCUT2D eigenvalue weighted by Gasteiger charge is -2.02. The van der Waals surface area contributed by atoms with Crippen LogP contribution in [0.15, 0.2) is 40.4 Å². The van der Waals surface area contributed by atoms with Crippen molar-refractivity contribution >= 4 is 29.1 Å². The van der Waals surface area contributed by atoms with Gasteiger partial charge in [-0.3, -0.25) is 20.2 Å². The van der Waals surface area contributed by atoms with Gasteiger partial charge in [-0.15, -0.1) is 0 Å². The van der Waals surface area contributed by atoms with Gasteiger partial charge in [-0.05, 0) is 12.1 Å². The molecule has 20 heavy (non-hydrogen) atoms. The van der Waals surface area contributed by atoms with E-state index in [4.69, 9.17) is 5.73 Å². The third kappa shape index (κ3) is 2.98. The summed E-state index contributed by atoms with van der Waals surface area (Å²) in [7, 11) is 0. The standard InChI is InChI=1S/C10H7N5O4S/c11-10-12-5-8(15(18)19)9(13-10)20-7-3-1-6(2-4-7)14(16)17/h1-5H,(H2,11,12,13). The fourth-order valence-corrected chi connectivity index (χ4v) is 2.19. The minimum Gasteiger partial charge on any atom is -0.368 e. The number of rotatable bonds is 4. The van der Waals surface area contributed by atoms with Gasteiger partial charge in [0.1, 0.15) is 6.20 Å². The zero-order chi connectivity index (χ0) is 14.7. The van der Waals surface area contributed by atoms with Crippen LogP contribution >= 0.6 is 11.8 Å². The van der Waals surface area contributed by atoms with Crippen LogP contribution in [-0.2, 0) is 0 Å². The molecule has 1 heterocycles. The van der Waals surface area contributed by atoms with Crippen molar-refractivity contribution in [3.8, 4) is 0 Å². The van der Waals surface area contributed by atoms with E-state index in [0.29, 0.717) is 4.90 Å². The van der Waals surface area contributed by atoms with Crippen molar-refractivity contribution in [2.45, 2.75) is 9.92 Å². The summed E-state index contributed by atoms with van der Waals surface area (Å²) in [6.07, 6.45) is 1.02. The maximum absolute atomic E-state index is 10.8. The molecule has 1 aromatic heterocycles. The number of benzene rings is 1. The molecule has 0 fully saturated rings. The second-order valence-electron chi connectivity index (χ2n) is 3.53. The molecule has 0 bridgehead atoms. The number of nitro groups is 2. The Kier molecular flexibility index (Phi) is 3.75. The highest BCUT2D eigenvalue weighted by molar-refractivity contribution is 7.99. The highest BCUT2D eigenvalue weighted by Gasteiger charge is 2.18. The molecule has 0 saturated heterocycles. The van der Waals surface area contributed by atoms with E-state index < -0.39 is 9.85 Å². The average Bonchev–Trinajstić information content (AvgIpc) is 2.39. The van der Waals surface area contributed by atoms with Crippen LogP contribution in [0.3, 0.4) is 0 Å². The molecule has 2 rings (SSSR count). The van der Waals surface area contributed by atoms with Crippen molar-refractivity contribution in [1.29, 1.82) is 0 Å². The third-order valence-corrected chi connectivity index (χ3v) is 3.21. The Bertz CT molecular complexity index is 676. The molecule has 0 atom stereocenters. The van der Waals surface area contributed by atoms with Crippen LogP contribution in [0.2, 0.25) is 0 Å². The van der Waals surface area contributed by atoms with Gasteiger partial charge in [-0.25, -0.2) is 4.98 Å². The SMILES string of the molecule is Nc1ncc([N+](=O)[O-])c(Sc2ccc([N+](=O)[O-])cc2)n1. The molecule has 1 aromatic carbocycles. The quantitative estimate of drug-likeness (QED) is 0.513. The van der Waals surface area contributed by atoms with E-state index in [1.165, 1.54) is 24.3 Å². The Hall–Kier alpha value is -2.75. The lowest BCUT2D eigenvalue weighted by atomic mass is 10.3. The van der Waals surface area contributed by atoms with E-state index in [1.54, 1.807) is 0 Å². The Morgan fingerprint density at radius 1 is 1.10 bits per heavy atom. The molecular weight excluding hydrogens is 286 g/mol. The van der Waals surface area contributed by atoms with Gasteiger partial charge >= 0.3 is 5.69 Å². The van der Waals surface area contributed by atoms with E-state index in [9.17, 15) is 20.2 Å². The molecule has 0 aliphatic rings. The normalized spacial score (nSPS) is 10.2. The summed E-state index contributed by atoms with van der Waals surface area (Å²) in [5, 5.41) is 21.5. The van der Waals surface area contributed by atoms with Gasteiger partial charge < -0.3 is 5.73 Å². The summed E-state index contributed by atoms with van der Waals surface area (Å²) in [4.78, 5) is 28.2. The van der Waals surface area contributed by atoms with Crippen molar-refractivity contribution in [1.82, 2.24) is 9.97 Å². The summed E-state index contributed by atoms with van der Waals surface area (Å²) >= 11 is 0.982. The molecule has 102 valence electrons. The molecular formula is C10H7N5O4S. The van der Waals surface area contributed by atoms with Crippen molar-refractivity contribution in [3.63, 3.8) is 0 Å². The summed E-state index contributed by atoms with van der Waals surface area (Å²) in [6.45, 7) is 0. The molecule has 0 amide bonds. The average molecular weight is 293 g/mol. The number of hydrogen-bond donors (Lipinski definition) is 1. The number of non-ortho nitro benzene ring substituents is 1. The Balaban J connectivity index is 2.31. The van der Waals surface area contributed by atoms with Crippen molar-refractivity contribution < 1.29 is 9.85 Å². The van der Waals surface area contributed by atoms with Crippen molar-refractivity contribution in [3.05, 3.63) is 50.7 Å². The molecule has 0 aliphatic carbocycles. The third-order valence-electron chi connectivity index (χ3n) is 2.21. The molecule has 0 radical (unpaired) electrons. The van der Waals surface area contributed by atoms with Gasteiger partial charge in [0.05, 0.1) is 9.85 Å². The van der Waals surface area contributed by atoms with E-state index in [-0.39, 0.29) is 22.3 Å². The van der Waals surface area contributed by atoms with Crippen LogP contribution in [0.4, 0.5) is 17.3 Å². The second kappa shape index (κ2) is 5.48. The number of aromatic nitrogens is 2. The first kappa shape index (κ1) is 13.7. The summed E-state index contributed by atoms with van der Waals surface area (Å²) in [6, 6.07) is 5.56. The predicted molar refractivity (Wildman–Crippen MR) is 70.3 cm³/mol. The van der Waals surface area contributed by atoms with Crippen LogP contribution in [0.25, 0.3) is 0 Å². The predicted octanol–water partition coefficient (Wildman–Crippen LogP) is 2.03. The Morgan fingerprint density at radius 3 is 2.30 bits per heavy atom. The number of anilines is 1. The molecule has 0 saturated carbocycles. The zero-order valence-corrected chi connectivity index (χ0v) is 10.6. The van der Waals surface area contributed by atoms with Crippen molar-refractivity contribution in [2.75, 3.05) is 5.73 Å². The van der Waals surface area contributed by atoms with Gasteiger partial charge in [0, 0.05) is 17.0 Å². The van der Waals surface area contributed by atoms with Gasteiger partial charge in [0.25, 0.3) is 5.69 Å². The molecule has 0 unspecified atom stereocenters. The molecule has 10 heteroatoms. The monoisotopic (exact) mass is 293 g/mol. The van der Waals surface area contributed by atoms with E-state index in [1.807, 2.05) is 0 Å². The van der Waals surface area contributed by atoms with Crippen LogP contribution in [0, 0.1) is 20.2 Å². The van der Waals surface area contributed by atoms with E-state index >= 15 is 0 Å². The number of hydrogen-bond acceptors (Lipinski definition) is 8. The van der Waals surface area contributed by atoms with E-state index in [0.717, 1.165) is 18.0 Å². The lowest BCUT2D eigenvalue weighted by molar-refractivity contribution is -0.388. The van der Waals surface area contributed by atoms with Gasteiger partial charge in [0.2, 0.25) is 5.95 Å². The molecule has 0 aliphatic heterocycles. The Labute approximate surface area is 116 Å². The molecule has 2 N–H and O–H groups in total. The molecule has 2 aromatic rings. The first-order chi connectivity index (χ1) is 9.47. The topological polar surface area (TPSA) is 138 Å². The van der Waals surface area contributed by atoms with Crippen LogP contribution in [0.5, 0.6) is 0 Å². The zero-order valence-electron chi connectivity index (χ0n) is 9.79. The molecule has 0 spiro atoms. The van der Waals surface area contributed by atoms with Crippen LogP contribution in [0.1, 0.15) is 0 Å². The highest BCUT2D eigenvalue weighted by Crippen LogP contribution is 2.33. The van der Waals surface area contributed by atoms with Crippen molar-refractivity contribution in [2.24, 2.45) is 0 Å². The van der Waals surface area contributed by atoms with E-state index in [2.05, 4.69) is 9.97 Å². The van der Waals surface area contributed by atoms with Gasteiger partial charge in [-0.2, -0.15) is 4.98 Å². The fourth-order valence-electron chi connectivity index (χ4n) is 1.32. The minimum absolute atomic E-state index is 0.0638. The largest absolute Gasteiger partial charge is 0.368 e.